The maximum absolute atomic E-state index is 12.8. The lowest BCUT2D eigenvalue weighted by molar-refractivity contribution is -0.137. The first-order chi connectivity index (χ1) is 9.66. The van der Waals surface area contributed by atoms with E-state index in [1.807, 2.05) is 31.5 Å². The van der Waals surface area contributed by atoms with Gasteiger partial charge in [-0.3, -0.25) is 0 Å². The van der Waals surface area contributed by atoms with Gasteiger partial charge in [-0.1, -0.05) is 11.6 Å². The predicted molar refractivity (Wildman–Crippen MR) is 77.1 cm³/mol. The van der Waals surface area contributed by atoms with Gasteiger partial charge in [0.15, 0.2) is 0 Å². The normalized spacial score (nSPS) is 12.0. The van der Waals surface area contributed by atoms with Crippen molar-refractivity contribution < 1.29 is 13.2 Å². The van der Waals surface area contributed by atoms with Gasteiger partial charge in [0.25, 0.3) is 0 Å². The fourth-order valence-electron chi connectivity index (χ4n) is 1.96. The van der Waals surface area contributed by atoms with Gasteiger partial charge in [0, 0.05) is 22.9 Å². The minimum absolute atomic E-state index is 0.0201. The van der Waals surface area contributed by atoms with Gasteiger partial charge in [-0.15, -0.1) is 0 Å². The fraction of sp³-hybridized carbons (Fsp3) is 0.357. The Morgan fingerprint density at radius 3 is 2.48 bits per heavy atom. The van der Waals surface area contributed by atoms with Gasteiger partial charge < -0.3 is 9.88 Å². The highest BCUT2D eigenvalue weighted by Gasteiger charge is 2.31. The maximum atomic E-state index is 12.8. The number of aromatic nitrogens is 2. The lowest BCUT2D eigenvalue weighted by Crippen LogP contribution is -2.08. The van der Waals surface area contributed by atoms with Crippen molar-refractivity contribution in [1.29, 1.82) is 0 Å². The summed E-state index contributed by atoms with van der Waals surface area (Å²) in [5, 5.41) is 2.92. The zero-order valence-electron chi connectivity index (χ0n) is 11.8. The zero-order valence-corrected chi connectivity index (χ0v) is 12.5. The van der Waals surface area contributed by atoms with Crippen LogP contribution in [0.1, 0.15) is 31.1 Å². The summed E-state index contributed by atoms with van der Waals surface area (Å²) in [6.45, 7) is 5.75. The van der Waals surface area contributed by atoms with E-state index in [1.54, 1.807) is 0 Å². The van der Waals surface area contributed by atoms with Crippen molar-refractivity contribution in [3.63, 3.8) is 0 Å². The second-order valence-corrected chi connectivity index (χ2v) is 5.49. The standard InChI is InChI=1S/C14H15ClF3N3/c1-8(2)21-7-9(3)19-13(21)20-12-5-10(14(16,17)18)4-11(15)6-12/h4-8H,1-3H3,(H,19,20). The van der Waals surface area contributed by atoms with Gasteiger partial charge in [-0.2, -0.15) is 13.2 Å². The molecule has 0 aliphatic carbocycles. The monoisotopic (exact) mass is 317 g/mol. The smallest absolute Gasteiger partial charge is 0.326 e. The summed E-state index contributed by atoms with van der Waals surface area (Å²) in [5.41, 5.74) is 0.239. The minimum atomic E-state index is -4.44. The van der Waals surface area contributed by atoms with Crippen molar-refractivity contribution in [3.05, 3.63) is 40.7 Å². The Kier molecular flexibility index (Phi) is 4.18. The molecule has 0 atom stereocenters. The number of alkyl halides is 3. The Morgan fingerprint density at radius 2 is 1.90 bits per heavy atom. The molecule has 7 heteroatoms. The van der Waals surface area contributed by atoms with E-state index in [0.717, 1.165) is 17.8 Å². The fourth-order valence-corrected chi connectivity index (χ4v) is 2.19. The van der Waals surface area contributed by atoms with Crippen LogP contribution in [0.15, 0.2) is 24.4 Å². The molecule has 0 saturated heterocycles. The molecular formula is C14H15ClF3N3. The van der Waals surface area contributed by atoms with Crippen LogP contribution in [-0.4, -0.2) is 9.55 Å². The number of rotatable bonds is 3. The van der Waals surface area contributed by atoms with Crippen LogP contribution >= 0.6 is 11.6 Å². The van der Waals surface area contributed by atoms with Crippen LogP contribution in [0.2, 0.25) is 5.02 Å². The molecule has 0 amide bonds. The minimum Gasteiger partial charge on any atom is -0.326 e. The maximum Gasteiger partial charge on any atom is 0.416 e. The molecule has 1 heterocycles. The third-order valence-electron chi connectivity index (χ3n) is 2.89. The molecule has 2 rings (SSSR count). The van der Waals surface area contributed by atoms with Crippen LogP contribution in [0.4, 0.5) is 24.8 Å². The molecule has 0 radical (unpaired) electrons. The van der Waals surface area contributed by atoms with Gasteiger partial charge in [0.2, 0.25) is 5.95 Å². The quantitative estimate of drug-likeness (QED) is 0.844. The highest BCUT2D eigenvalue weighted by molar-refractivity contribution is 6.31. The molecule has 0 unspecified atom stereocenters. The summed E-state index contributed by atoms with van der Waals surface area (Å²) in [6.07, 6.45) is -2.60. The molecule has 0 aliphatic heterocycles. The number of halogens is 4. The first-order valence-electron chi connectivity index (χ1n) is 6.37. The summed E-state index contributed by atoms with van der Waals surface area (Å²) >= 11 is 5.76. The third-order valence-corrected chi connectivity index (χ3v) is 3.11. The third kappa shape index (κ3) is 3.69. The molecule has 1 aromatic carbocycles. The highest BCUT2D eigenvalue weighted by Crippen LogP contribution is 2.34. The molecule has 114 valence electrons. The number of aryl methyl sites for hydroxylation is 1. The van der Waals surface area contributed by atoms with Crippen molar-refractivity contribution in [2.75, 3.05) is 5.32 Å². The average molecular weight is 318 g/mol. The van der Waals surface area contributed by atoms with Crippen LogP contribution in [-0.2, 0) is 6.18 Å². The number of nitrogens with one attached hydrogen (secondary N) is 1. The first-order valence-corrected chi connectivity index (χ1v) is 6.75. The van der Waals surface area contributed by atoms with Gasteiger partial charge in [-0.25, -0.2) is 4.98 Å². The van der Waals surface area contributed by atoms with Crippen LogP contribution in [0.3, 0.4) is 0 Å². The Labute approximate surface area is 125 Å². The van der Waals surface area contributed by atoms with E-state index in [0.29, 0.717) is 5.95 Å². The molecule has 3 nitrogen and oxygen atoms in total. The van der Waals surface area contributed by atoms with E-state index in [4.69, 9.17) is 11.6 Å². The lowest BCUT2D eigenvalue weighted by atomic mass is 10.2. The Bertz CT molecular complexity index is 647. The summed E-state index contributed by atoms with van der Waals surface area (Å²) in [6, 6.07) is 3.48. The first kappa shape index (κ1) is 15.7. The Hall–Kier alpha value is -1.69. The average Bonchev–Trinajstić information content (AvgIpc) is 2.68. The van der Waals surface area contributed by atoms with E-state index in [9.17, 15) is 13.2 Å². The number of imidazole rings is 1. The Balaban J connectivity index is 2.38. The molecule has 0 spiro atoms. The van der Waals surface area contributed by atoms with Gasteiger partial charge >= 0.3 is 6.18 Å². The van der Waals surface area contributed by atoms with Gasteiger partial charge in [0.1, 0.15) is 0 Å². The second kappa shape index (κ2) is 5.60. The van der Waals surface area contributed by atoms with E-state index in [-0.39, 0.29) is 16.8 Å². The van der Waals surface area contributed by atoms with Crippen LogP contribution in [0.5, 0.6) is 0 Å². The number of benzene rings is 1. The van der Waals surface area contributed by atoms with Crippen molar-refractivity contribution in [2.24, 2.45) is 0 Å². The van der Waals surface area contributed by atoms with E-state index in [1.165, 1.54) is 6.07 Å². The topological polar surface area (TPSA) is 29.9 Å². The molecule has 2 aromatic rings. The summed E-state index contributed by atoms with van der Waals surface area (Å²) in [4.78, 5) is 4.28. The van der Waals surface area contributed by atoms with Crippen LogP contribution < -0.4 is 5.32 Å². The van der Waals surface area contributed by atoms with Crippen molar-refractivity contribution >= 4 is 23.2 Å². The predicted octanol–water partition coefficient (Wildman–Crippen LogP) is 5.19. The van der Waals surface area contributed by atoms with Crippen LogP contribution in [0, 0.1) is 6.92 Å². The van der Waals surface area contributed by atoms with Gasteiger partial charge in [0.05, 0.1) is 11.3 Å². The SMILES string of the molecule is Cc1cn(C(C)C)c(Nc2cc(Cl)cc(C(F)(F)F)c2)n1. The lowest BCUT2D eigenvalue weighted by Gasteiger charge is -2.14. The molecular weight excluding hydrogens is 303 g/mol. The number of hydrogen-bond acceptors (Lipinski definition) is 2. The van der Waals surface area contributed by atoms with Gasteiger partial charge in [-0.05, 0) is 39.0 Å². The Morgan fingerprint density at radius 1 is 1.24 bits per heavy atom. The van der Waals surface area contributed by atoms with Crippen LogP contribution in [0.25, 0.3) is 0 Å². The number of nitrogens with zero attached hydrogens (tertiary/aromatic N) is 2. The molecule has 1 aromatic heterocycles. The molecule has 0 aliphatic rings. The van der Waals surface area contributed by atoms with Crippen molar-refractivity contribution in [1.82, 2.24) is 9.55 Å². The zero-order chi connectivity index (χ0) is 15.8. The van der Waals surface area contributed by atoms with E-state index in [2.05, 4.69) is 10.3 Å². The highest BCUT2D eigenvalue weighted by atomic mass is 35.5. The van der Waals surface area contributed by atoms with Crippen molar-refractivity contribution in [3.8, 4) is 0 Å². The molecule has 1 N–H and O–H groups in total. The van der Waals surface area contributed by atoms with E-state index >= 15 is 0 Å². The number of anilines is 2. The molecule has 0 saturated carbocycles. The second-order valence-electron chi connectivity index (χ2n) is 5.06. The summed E-state index contributed by atoms with van der Waals surface area (Å²) in [7, 11) is 0. The molecule has 0 bridgehead atoms. The molecule has 21 heavy (non-hydrogen) atoms. The largest absolute Gasteiger partial charge is 0.416 e. The summed E-state index contributed by atoms with van der Waals surface area (Å²) in [5.74, 6) is 0.484. The number of hydrogen-bond donors (Lipinski definition) is 1. The van der Waals surface area contributed by atoms with Crippen molar-refractivity contribution in [2.45, 2.75) is 33.0 Å². The summed E-state index contributed by atoms with van der Waals surface area (Å²) < 4.78 is 40.2. The van der Waals surface area contributed by atoms with E-state index < -0.39 is 11.7 Å². The molecule has 0 fully saturated rings.